The van der Waals surface area contributed by atoms with Crippen LogP contribution < -0.4 is 14.8 Å². The number of hydrogen-bond donors (Lipinski definition) is 1. The second kappa shape index (κ2) is 7.88. The number of rotatable bonds is 6. The second-order valence-corrected chi connectivity index (χ2v) is 5.33. The Bertz CT molecular complexity index is 683. The van der Waals surface area contributed by atoms with Crippen molar-refractivity contribution in [2.45, 2.75) is 20.3 Å². The molecule has 122 valence electrons. The third kappa shape index (κ3) is 4.17. The number of halogens is 1. The van der Waals surface area contributed by atoms with Gasteiger partial charge in [-0.05, 0) is 43.2 Å². The lowest BCUT2D eigenvalue weighted by atomic mass is 10.1. The van der Waals surface area contributed by atoms with E-state index in [-0.39, 0.29) is 5.91 Å². The van der Waals surface area contributed by atoms with E-state index >= 15 is 0 Å². The topological polar surface area (TPSA) is 47.6 Å². The lowest BCUT2D eigenvalue weighted by Gasteiger charge is -2.13. The first-order valence-corrected chi connectivity index (χ1v) is 7.87. The highest BCUT2D eigenvalue weighted by Crippen LogP contribution is 2.36. The fourth-order valence-corrected chi connectivity index (χ4v) is 2.47. The van der Waals surface area contributed by atoms with E-state index in [4.69, 9.17) is 21.1 Å². The molecule has 5 heteroatoms. The Morgan fingerprint density at radius 2 is 1.87 bits per heavy atom. The van der Waals surface area contributed by atoms with Crippen molar-refractivity contribution < 1.29 is 14.3 Å². The molecule has 0 atom stereocenters. The summed E-state index contributed by atoms with van der Waals surface area (Å²) in [6.07, 6.45) is 0.958. The molecule has 2 aromatic carbocycles. The SMILES string of the molecule is CCOc1cc(C(=O)Nc2ccc(CC)cc2)cc(Cl)c1OC. The summed E-state index contributed by atoms with van der Waals surface area (Å²) in [7, 11) is 1.51. The number of methoxy groups -OCH3 is 1. The third-order valence-corrected chi connectivity index (χ3v) is 3.68. The molecule has 0 aliphatic carbocycles. The lowest BCUT2D eigenvalue weighted by molar-refractivity contribution is 0.102. The Morgan fingerprint density at radius 3 is 2.43 bits per heavy atom. The van der Waals surface area contributed by atoms with E-state index in [1.54, 1.807) is 12.1 Å². The van der Waals surface area contributed by atoms with E-state index in [2.05, 4.69) is 12.2 Å². The molecule has 0 radical (unpaired) electrons. The maximum atomic E-state index is 12.4. The van der Waals surface area contributed by atoms with E-state index in [1.165, 1.54) is 12.7 Å². The summed E-state index contributed by atoms with van der Waals surface area (Å²) in [6, 6.07) is 10.9. The van der Waals surface area contributed by atoms with Crippen LogP contribution in [0.5, 0.6) is 11.5 Å². The van der Waals surface area contributed by atoms with Crippen LogP contribution in [0.3, 0.4) is 0 Å². The lowest BCUT2D eigenvalue weighted by Crippen LogP contribution is -2.12. The fraction of sp³-hybridized carbons (Fsp3) is 0.278. The highest BCUT2D eigenvalue weighted by atomic mass is 35.5. The van der Waals surface area contributed by atoms with Crippen molar-refractivity contribution >= 4 is 23.2 Å². The van der Waals surface area contributed by atoms with Gasteiger partial charge in [-0.3, -0.25) is 4.79 Å². The van der Waals surface area contributed by atoms with Crippen molar-refractivity contribution in [3.63, 3.8) is 0 Å². The summed E-state index contributed by atoms with van der Waals surface area (Å²) >= 11 is 6.17. The summed E-state index contributed by atoms with van der Waals surface area (Å²) in [6.45, 7) is 4.40. The third-order valence-electron chi connectivity index (χ3n) is 3.40. The van der Waals surface area contributed by atoms with Crippen molar-refractivity contribution in [3.8, 4) is 11.5 Å². The molecule has 0 fully saturated rings. The second-order valence-electron chi connectivity index (χ2n) is 4.93. The van der Waals surface area contributed by atoms with Crippen LogP contribution in [-0.2, 0) is 6.42 Å². The fourth-order valence-electron chi connectivity index (χ4n) is 2.19. The van der Waals surface area contributed by atoms with Crippen LogP contribution in [0.4, 0.5) is 5.69 Å². The number of nitrogens with one attached hydrogen (secondary N) is 1. The standard InChI is InChI=1S/C18H20ClNO3/c1-4-12-6-8-14(9-7-12)20-18(21)13-10-15(19)17(22-3)16(11-13)23-5-2/h6-11H,4-5H2,1-3H3,(H,20,21). The van der Waals surface area contributed by atoms with Gasteiger partial charge in [0, 0.05) is 11.3 Å². The molecule has 0 heterocycles. The predicted octanol–water partition coefficient (Wildman–Crippen LogP) is 4.56. The van der Waals surface area contributed by atoms with E-state index in [0.29, 0.717) is 28.7 Å². The zero-order valence-electron chi connectivity index (χ0n) is 13.5. The number of carbonyl (C=O) groups is 1. The summed E-state index contributed by atoms with van der Waals surface area (Å²) in [4.78, 5) is 12.4. The molecule has 0 unspecified atom stereocenters. The van der Waals surface area contributed by atoms with E-state index < -0.39 is 0 Å². The Balaban J connectivity index is 2.24. The number of hydrogen-bond acceptors (Lipinski definition) is 3. The molecule has 0 spiro atoms. The number of carbonyl (C=O) groups excluding carboxylic acids is 1. The van der Waals surface area contributed by atoms with Crippen molar-refractivity contribution in [1.29, 1.82) is 0 Å². The Labute approximate surface area is 141 Å². The van der Waals surface area contributed by atoms with Crippen molar-refractivity contribution in [1.82, 2.24) is 0 Å². The van der Waals surface area contributed by atoms with Gasteiger partial charge in [-0.2, -0.15) is 0 Å². The van der Waals surface area contributed by atoms with Gasteiger partial charge in [0.25, 0.3) is 5.91 Å². The van der Waals surface area contributed by atoms with Gasteiger partial charge in [0.2, 0.25) is 0 Å². The van der Waals surface area contributed by atoms with Crippen molar-refractivity contribution in [3.05, 3.63) is 52.5 Å². The van der Waals surface area contributed by atoms with Crippen LogP contribution in [-0.4, -0.2) is 19.6 Å². The largest absolute Gasteiger partial charge is 0.491 e. The van der Waals surface area contributed by atoms with Gasteiger partial charge < -0.3 is 14.8 Å². The van der Waals surface area contributed by atoms with Gasteiger partial charge in [-0.25, -0.2) is 0 Å². The summed E-state index contributed by atoms with van der Waals surface area (Å²) in [5, 5.41) is 3.19. The Kier molecular flexibility index (Phi) is 5.88. The summed E-state index contributed by atoms with van der Waals surface area (Å²) < 4.78 is 10.7. The Morgan fingerprint density at radius 1 is 1.17 bits per heavy atom. The minimum atomic E-state index is -0.250. The number of aryl methyl sites for hydroxylation is 1. The maximum Gasteiger partial charge on any atom is 0.255 e. The van der Waals surface area contributed by atoms with Gasteiger partial charge >= 0.3 is 0 Å². The van der Waals surface area contributed by atoms with Crippen LogP contribution in [0.15, 0.2) is 36.4 Å². The number of ether oxygens (including phenoxy) is 2. The average molecular weight is 334 g/mol. The molecule has 0 aliphatic heterocycles. The van der Waals surface area contributed by atoms with Crippen LogP contribution >= 0.6 is 11.6 Å². The minimum Gasteiger partial charge on any atom is -0.491 e. The molecular formula is C18H20ClNO3. The Hall–Kier alpha value is -2.20. The summed E-state index contributed by atoms with van der Waals surface area (Å²) in [5.41, 5.74) is 2.37. The molecule has 2 rings (SSSR count). The first-order chi connectivity index (χ1) is 11.1. The molecule has 0 saturated heterocycles. The van der Waals surface area contributed by atoms with Crippen molar-refractivity contribution in [2.24, 2.45) is 0 Å². The smallest absolute Gasteiger partial charge is 0.255 e. The van der Waals surface area contributed by atoms with E-state index in [0.717, 1.165) is 12.1 Å². The molecule has 0 bridgehead atoms. The van der Waals surface area contributed by atoms with Crippen LogP contribution in [0.1, 0.15) is 29.8 Å². The molecule has 1 amide bonds. The monoisotopic (exact) mass is 333 g/mol. The normalized spacial score (nSPS) is 10.3. The van der Waals surface area contributed by atoms with Gasteiger partial charge in [-0.15, -0.1) is 0 Å². The highest BCUT2D eigenvalue weighted by molar-refractivity contribution is 6.32. The zero-order valence-corrected chi connectivity index (χ0v) is 14.2. The van der Waals surface area contributed by atoms with Crippen LogP contribution in [0.25, 0.3) is 0 Å². The number of anilines is 1. The molecule has 1 N–H and O–H groups in total. The van der Waals surface area contributed by atoms with Gasteiger partial charge in [0.15, 0.2) is 11.5 Å². The van der Waals surface area contributed by atoms with Gasteiger partial charge in [-0.1, -0.05) is 30.7 Å². The molecule has 0 saturated carbocycles. The van der Waals surface area contributed by atoms with Crippen molar-refractivity contribution in [2.75, 3.05) is 19.0 Å². The van der Waals surface area contributed by atoms with Gasteiger partial charge in [0.1, 0.15) is 0 Å². The summed E-state index contributed by atoms with van der Waals surface area (Å²) in [5.74, 6) is 0.631. The highest BCUT2D eigenvalue weighted by Gasteiger charge is 2.15. The molecule has 4 nitrogen and oxygen atoms in total. The van der Waals surface area contributed by atoms with E-state index in [9.17, 15) is 4.79 Å². The maximum absolute atomic E-state index is 12.4. The first-order valence-electron chi connectivity index (χ1n) is 7.49. The molecule has 23 heavy (non-hydrogen) atoms. The first kappa shape index (κ1) is 17.2. The number of benzene rings is 2. The molecule has 2 aromatic rings. The average Bonchev–Trinajstić information content (AvgIpc) is 2.55. The number of amides is 1. The van der Waals surface area contributed by atoms with Crippen LogP contribution in [0, 0.1) is 0 Å². The minimum absolute atomic E-state index is 0.250. The van der Waals surface area contributed by atoms with Gasteiger partial charge in [0.05, 0.1) is 18.7 Å². The van der Waals surface area contributed by atoms with Crippen LogP contribution in [0.2, 0.25) is 5.02 Å². The molecule has 0 aromatic heterocycles. The van der Waals surface area contributed by atoms with E-state index in [1.807, 2.05) is 31.2 Å². The molecule has 0 aliphatic rings. The molecular weight excluding hydrogens is 314 g/mol. The predicted molar refractivity (Wildman–Crippen MR) is 92.9 cm³/mol. The zero-order chi connectivity index (χ0) is 16.8. The quantitative estimate of drug-likeness (QED) is 0.842.